The first-order chi connectivity index (χ1) is 15.0. The summed E-state index contributed by atoms with van der Waals surface area (Å²) in [5.74, 6) is 4.31. The first-order valence-corrected chi connectivity index (χ1v) is 12.7. The number of rotatable bonds is 10. The van der Waals surface area contributed by atoms with Crippen LogP contribution in [0.2, 0.25) is 0 Å². The molecule has 176 valence electrons. The monoisotopic (exact) mass is 432 g/mol. The fraction of sp³-hybridized carbons (Fsp3) is 0.815. The van der Waals surface area contributed by atoms with Crippen molar-refractivity contribution in [3.63, 3.8) is 0 Å². The van der Waals surface area contributed by atoms with Gasteiger partial charge in [0.1, 0.15) is 0 Å². The second kappa shape index (κ2) is 12.2. The predicted octanol–water partition coefficient (Wildman–Crippen LogP) is 5.29. The van der Waals surface area contributed by atoms with E-state index in [2.05, 4.69) is 19.2 Å². The summed E-state index contributed by atoms with van der Waals surface area (Å²) in [4.78, 5) is 11.8. The van der Waals surface area contributed by atoms with Crippen LogP contribution in [0.3, 0.4) is 0 Å². The Morgan fingerprint density at radius 2 is 1.55 bits per heavy atom. The van der Waals surface area contributed by atoms with Crippen LogP contribution in [-0.2, 0) is 9.53 Å². The van der Waals surface area contributed by atoms with E-state index in [0.717, 1.165) is 42.4 Å². The Labute approximate surface area is 189 Å². The van der Waals surface area contributed by atoms with E-state index in [1.165, 1.54) is 64.2 Å². The van der Waals surface area contributed by atoms with E-state index >= 15 is 0 Å². The van der Waals surface area contributed by atoms with Crippen LogP contribution >= 0.6 is 0 Å². The van der Waals surface area contributed by atoms with Crippen LogP contribution in [0.1, 0.15) is 77.0 Å². The van der Waals surface area contributed by atoms with Gasteiger partial charge in [0, 0.05) is 12.5 Å². The van der Waals surface area contributed by atoms with E-state index in [1.54, 1.807) is 0 Å². The molecule has 2 N–H and O–H groups in total. The second-order valence-corrected chi connectivity index (χ2v) is 10.6. The molecule has 4 nitrogen and oxygen atoms in total. The van der Waals surface area contributed by atoms with Gasteiger partial charge < -0.3 is 14.9 Å². The third-order valence-corrected chi connectivity index (χ3v) is 8.84. The van der Waals surface area contributed by atoms with E-state index in [0.29, 0.717) is 5.92 Å². The summed E-state index contributed by atoms with van der Waals surface area (Å²) in [6.45, 7) is 7.29. The van der Waals surface area contributed by atoms with E-state index in [-0.39, 0.29) is 31.3 Å². The maximum atomic E-state index is 11.8. The lowest BCUT2D eigenvalue weighted by molar-refractivity contribution is -0.142. The van der Waals surface area contributed by atoms with Crippen molar-refractivity contribution in [2.75, 3.05) is 19.8 Å². The highest BCUT2D eigenvalue weighted by Gasteiger charge is 2.40. The first kappa shape index (κ1) is 24.5. The summed E-state index contributed by atoms with van der Waals surface area (Å²) in [5.41, 5.74) is 0.0773. The quantitative estimate of drug-likeness (QED) is 0.280. The minimum atomic E-state index is -0.547. The minimum Gasteiger partial charge on any atom is -0.462 e. The van der Waals surface area contributed by atoms with Crippen LogP contribution in [0.15, 0.2) is 24.8 Å². The normalized spacial score (nSPS) is 34.4. The molecule has 3 fully saturated rings. The van der Waals surface area contributed by atoms with Gasteiger partial charge >= 0.3 is 5.97 Å². The van der Waals surface area contributed by atoms with Crippen molar-refractivity contribution in [2.24, 2.45) is 41.4 Å². The van der Waals surface area contributed by atoms with Crippen molar-refractivity contribution < 1.29 is 19.7 Å². The summed E-state index contributed by atoms with van der Waals surface area (Å²) in [7, 11) is 0. The first-order valence-electron chi connectivity index (χ1n) is 12.7. The lowest BCUT2D eigenvalue weighted by Crippen LogP contribution is -2.37. The zero-order chi connectivity index (χ0) is 22.2. The molecule has 0 aliphatic heterocycles. The van der Waals surface area contributed by atoms with Crippen molar-refractivity contribution >= 4 is 5.97 Å². The molecule has 0 heterocycles. The highest BCUT2D eigenvalue weighted by molar-refractivity contribution is 5.87. The summed E-state index contributed by atoms with van der Waals surface area (Å²) in [6.07, 6.45) is 18.0. The largest absolute Gasteiger partial charge is 0.462 e. The Bertz CT molecular complexity index is 592. The molecule has 0 saturated heterocycles. The summed E-state index contributed by atoms with van der Waals surface area (Å²) < 4.78 is 5.30. The lowest BCUT2D eigenvalue weighted by atomic mass is 9.60. The van der Waals surface area contributed by atoms with Crippen molar-refractivity contribution in [1.29, 1.82) is 0 Å². The van der Waals surface area contributed by atoms with E-state index < -0.39 is 5.97 Å². The average Bonchev–Trinajstić information content (AvgIpc) is 2.82. The number of carbonyl (C=O) groups excluding carboxylic acids is 1. The van der Waals surface area contributed by atoms with Gasteiger partial charge in [-0.2, -0.15) is 0 Å². The summed E-state index contributed by atoms with van der Waals surface area (Å²) >= 11 is 0. The molecule has 0 radical (unpaired) electrons. The molecule has 4 heteroatoms. The highest BCUT2D eigenvalue weighted by atomic mass is 16.5. The number of aliphatic hydroxyl groups is 2. The van der Waals surface area contributed by atoms with Gasteiger partial charge in [-0.05, 0) is 99.7 Å². The molecule has 5 atom stereocenters. The van der Waals surface area contributed by atoms with Crippen LogP contribution in [-0.4, -0.2) is 36.0 Å². The third kappa shape index (κ3) is 6.68. The van der Waals surface area contributed by atoms with Crippen molar-refractivity contribution in [3.8, 4) is 0 Å². The van der Waals surface area contributed by atoms with Crippen LogP contribution < -0.4 is 0 Å². The van der Waals surface area contributed by atoms with Gasteiger partial charge in [-0.1, -0.05) is 25.5 Å². The fourth-order valence-electron chi connectivity index (χ4n) is 6.81. The number of aliphatic hydroxyl groups excluding tert-OH is 2. The van der Waals surface area contributed by atoms with Crippen LogP contribution in [0, 0.1) is 41.4 Å². The number of esters is 1. The molecule has 3 aliphatic rings. The second-order valence-electron chi connectivity index (χ2n) is 10.6. The molecule has 3 saturated carbocycles. The molecule has 0 aromatic heterocycles. The zero-order valence-electron chi connectivity index (χ0n) is 19.4. The summed E-state index contributed by atoms with van der Waals surface area (Å²) in [5, 5.41) is 18.9. The molecule has 3 aliphatic carbocycles. The smallest absolute Gasteiger partial charge is 0.335 e. The molecule has 0 aromatic carbocycles. The van der Waals surface area contributed by atoms with Gasteiger partial charge in [0.25, 0.3) is 0 Å². The van der Waals surface area contributed by atoms with Gasteiger partial charge in [-0.25, -0.2) is 4.79 Å². The molecular weight excluding hydrogens is 388 g/mol. The standard InChI is InChI=1S/C27H44O4/c1-3-4-5-20-6-8-21(9-7-20)22-10-11-24-15-25(13-12-23(24)14-22)26(17-29)18-31-27(30)19(2)16-28/h3,20-26,28-29H,1-2,4-18H2. The topological polar surface area (TPSA) is 66.8 Å². The number of hydrogen-bond acceptors (Lipinski definition) is 4. The number of ether oxygens (including phenoxy) is 1. The molecule has 31 heavy (non-hydrogen) atoms. The van der Waals surface area contributed by atoms with Crippen molar-refractivity contribution in [2.45, 2.75) is 77.0 Å². The van der Waals surface area contributed by atoms with Crippen molar-refractivity contribution in [1.82, 2.24) is 0 Å². The molecule has 3 rings (SSSR count). The maximum absolute atomic E-state index is 11.8. The molecular formula is C27H44O4. The molecule has 0 spiro atoms. The molecule has 5 unspecified atom stereocenters. The van der Waals surface area contributed by atoms with E-state index in [9.17, 15) is 9.90 Å². The Kier molecular flexibility index (Phi) is 9.65. The van der Waals surface area contributed by atoms with Gasteiger partial charge in [0.05, 0.1) is 18.8 Å². The maximum Gasteiger partial charge on any atom is 0.335 e. The fourth-order valence-corrected chi connectivity index (χ4v) is 6.81. The van der Waals surface area contributed by atoms with Crippen LogP contribution in [0.4, 0.5) is 0 Å². The van der Waals surface area contributed by atoms with Gasteiger partial charge in [0.2, 0.25) is 0 Å². The zero-order valence-corrected chi connectivity index (χ0v) is 19.4. The molecule has 0 bridgehead atoms. The molecule has 0 amide bonds. The Hall–Kier alpha value is -1.13. The van der Waals surface area contributed by atoms with Crippen LogP contribution in [0.25, 0.3) is 0 Å². The summed E-state index contributed by atoms with van der Waals surface area (Å²) in [6, 6.07) is 0. The van der Waals surface area contributed by atoms with Gasteiger partial charge in [0.15, 0.2) is 0 Å². The van der Waals surface area contributed by atoms with Gasteiger partial charge in [-0.15, -0.1) is 6.58 Å². The number of carbonyl (C=O) groups is 1. The predicted molar refractivity (Wildman–Crippen MR) is 124 cm³/mol. The van der Waals surface area contributed by atoms with E-state index in [1.807, 2.05) is 0 Å². The van der Waals surface area contributed by atoms with E-state index in [4.69, 9.17) is 9.84 Å². The third-order valence-electron chi connectivity index (χ3n) is 8.84. The van der Waals surface area contributed by atoms with Crippen molar-refractivity contribution in [3.05, 3.63) is 24.8 Å². The average molecular weight is 433 g/mol. The Balaban J connectivity index is 1.43. The number of hydrogen-bond donors (Lipinski definition) is 2. The lowest BCUT2D eigenvalue weighted by Gasteiger charge is -2.46. The van der Waals surface area contributed by atoms with Crippen LogP contribution in [0.5, 0.6) is 0 Å². The minimum absolute atomic E-state index is 0.0000372. The Morgan fingerprint density at radius 3 is 2.19 bits per heavy atom. The van der Waals surface area contributed by atoms with Gasteiger partial charge in [-0.3, -0.25) is 0 Å². The Morgan fingerprint density at radius 1 is 0.935 bits per heavy atom. The molecule has 0 aromatic rings. The highest BCUT2D eigenvalue weighted by Crippen LogP contribution is 2.50. The number of allylic oxidation sites excluding steroid dienone is 1. The number of fused-ring (bicyclic) bond motifs is 1. The SMILES string of the molecule is C=CCCC1CCC(C2CCC3CC(C(CO)COC(=O)C(=C)CO)CCC3C2)CC1.